The average molecular weight is 176 g/mol. The van der Waals surface area contributed by atoms with E-state index < -0.39 is 0 Å². The fourth-order valence-corrected chi connectivity index (χ4v) is 1.11. The summed E-state index contributed by atoms with van der Waals surface area (Å²) in [5.41, 5.74) is 0. The lowest BCUT2D eigenvalue weighted by Crippen LogP contribution is -2.16. The number of rotatable bonds is 4. The molecule has 0 unspecified atom stereocenters. The van der Waals surface area contributed by atoms with Crippen molar-refractivity contribution >= 4 is 0 Å². The second-order valence-corrected chi connectivity index (χ2v) is 3.22. The lowest BCUT2D eigenvalue weighted by atomic mass is 10.5. The maximum Gasteiger partial charge on any atom is 0.164 e. The van der Waals surface area contributed by atoms with E-state index in [4.69, 9.17) is 6.42 Å². The molecule has 1 saturated carbocycles. The highest BCUT2D eigenvalue weighted by Gasteiger charge is 2.20. The molecule has 0 spiro atoms. The molecule has 0 aromatic carbocycles. The summed E-state index contributed by atoms with van der Waals surface area (Å²) in [7, 11) is 0. The Morgan fingerprint density at radius 3 is 3.23 bits per heavy atom. The summed E-state index contributed by atoms with van der Waals surface area (Å²) in [4.78, 5) is 4.13. The molecule has 0 amide bonds. The van der Waals surface area contributed by atoms with Crippen LogP contribution < -0.4 is 5.32 Å². The van der Waals surface area contributed by atoms with E-state index in [9.17, 15) is 0 Å². The molecule has 0 saturated heterocycles. The Balaban J connectivity index is 1.85. The van der Waals surface area contributed by atoms with Crippen molar-refractivity contribution in [2.75, 3.05) is 0 Å². The summed E-state index contributed by atoms with van der Waals surface area (Å²) in [6.45, 7) is 1.25. The Morgan fingerprint density at radius 2 is 2.54 bits per heavy atom. The summed E-state index contributed by atoms with van der Waals surface area (Å²) in [6.07, 6.45) is 9.38. The van der Waals surface area contributed by atoms with Crippen LogP contribution in [0.15, 0.2) is 6.33 Å². The summed E-state index contributed by atoms with van der Waals surface area (Å²) >= 11 is 0. The Kier molecular flexibility index (Phi) is 2.28. The summed E-state index contributed by atoms with van der Waals surface area (Å²) in [5.74, 6) is 3.34. The molecule has 1 aliphatic carbocycles. The van der Waals surface area contributed by atoms with Crippen LogP contribution in [-0.4, -0.2) is 20.8 Å². The first-order chi connectivity index (χ1) is 6.38. The highest BCUT2D eigenvalue weighted by atomic mass is 15.3. The third-order valence-electron chi connectivity index (χ3n) is 1.96. The Morgan fingerprint density at radius 1 is 1.69 bits per heavy atom. The average Bonchev–Trinajstić information content (AvgIpc) is 2.85. The Labute approximate surface area is 77.4 Å². The van der Waals surface area contributed by atoms with E-state index in [2.05, 4.69) is 21.3 Å². The first-order valence-electron chi connectivity index (χ1n) is 4.43. The van der Waals surface area contributed by atoms with Gasteiger partial charge in [-0.1, -0.05) is 5.92 Å². The molecule has 68 valence electrons. The number of hydrogen-bond acceptors (Lipinski definition) is 3. The number of nitrogens with zero attached hydrogens (tertiary/aromatic N) is 3. The zero-order valence-corrected chi connectivity index (χ0v) is 7.40. The molecule has 0 atom stereocenters. The van der Waals surface area contributed by atoms with E-state index in [1.54, 1.807) is 11.0 Å². The van der Waals surface area contributed by atoms with Gasteiger partial charge in [-0.2, -0.15) is 5.10 Å². The van der Waals surface area contributed by atoms with Crippen molar-refractivity contribution in [3.8, 4) is 12.3 Å². The topological polar surface area (TPSA) is 42.7 Å². The zero-order chi connectivity index (χ0) is 9.10. The molecule has 13 heavy (non-hydrogen) atoms. The van der Waals surface area contributed by atoms with Crippen molar-refractivity contribution < 1.29 is 0 Å². The minimum absolute atomic E-state index is 0.496. The molecule has 0 aliphatic heterocycles. The molecular formula is C9H12N4. The first kappa shape index (κ1) is 8.27. The van der Waals surface area contributed by atoms with Gasteiger partial charge < -0.3 is 5.32 Å². The highest BCUT2D eigenvalue weighted by molar-refractivity contribution is 4.89. The van der Waals surface area contributed by atoms with Gasteiger partial charge in [-0.05, 0) is 12.8 Å². The molecule has 1 N–H and O–H groups in total. The largest absolute Gasteiger partial charge is 0.307 e. The fraction of sp³-hybridized carbons (Fsp3) is 0.556. The molecule has 0 radical (unpaired) electrons. The van der Waals surface area contributed by atoms with Crippen LogP contribution in [-0.2, 0) is 13.1 Å². The van der Waals surface area contributed by atoms with Crippen LogP contribution in [0, 0.1) is 12.3 Å². The van der Waals surface area contributed by atoms with Crippen molar-refractivity contribution in [1.29, 1.82) is 0 Å². The molecule has 1 aliphatic rings. The van der Waals surface area contributed by atoms with Gasteiger partial charge >= 0.3 is 0 Å². The molecule has 1 aromatic heterocycles. The number of terminal acetylenes is 1. The van der Waals surface area contributed by atoms with Gasteiger partial charge in [0.1, 0.15) is 12.9 Å². The molecular weight excluding hydrogens is 164 g/mol. The van der Waals surface area contributed by atoms with Crippen LogP contribution in [0.4, 0.5) is 0 Å². The number of nitrogens with one attached hydrogen (secondary N) is 1. The van der Waals surface area contributed by atoms with Gasteiger partial charge in [0.05, 0.1) is 6.54 Å². The van der Waals surface area contributed by atoms with Gasteiger partial charge in [0.25, 0.3) is 0 Å². The van der Waals surface area contributed by atoms with Crippen molar-refractivity contribution in [1.82, 2.24) is 20.1 Å². The Hall–Kier alpha value is -1.34. The van der Waals surface area contributed by atoms with E-state index in [0.29, 0.717) is 12.6 Å². The van der Waals surface area contributed by atoms with Crippen LogP contribution in [0.5, 0.6) is 0 Å². The van der Waals surface area contributed by atoms with E-state index in [1.807, 2.05) is 0 Å². The van der Waals surface area contributed by atoms with Crippen molar-refractivity contribution in [3.05, 3.63) is 12.2 Å². The SMILES string of the molecule is C#CCn1cnc(CNC2CC2)n1. The monoisotopic (exact) mass is 176 g/mol. The van der Waals surface area contributed by atoms with Crippen LogP contribution in [0.25, 0.3) is 0 Å². The summed E-state index contributed by atoms with van der Waals surface area (Å²) in [6, 6.07) is 0.694. The van der Waals surface area contributed by atoms with E-state index in [-0.39, 0.29) is 0 Å². The molecule has 1 aromatic rings. The van der Waals surface area contributed by atoms with Gasteiger partial charge in [0.15, 0.2) is 5.82 Å². The van der Waals surface area contributed by atoms with Crippen LogP contribution in [0.3, 0.4) is 0 Å². The summed E-state index contributed by atoms with van der Waals surface area (Å²) in [5, 5.41) is 7.54. The molecule has 1 fully saturated rings. The smallest absolute Gasteiger partial charge is 0.164 e. The number of aromatic nitrogens is 3. The fourth-order valence-electron chi connectivity index (χ4n) is 1.11. The van der Waals surface area contributed by atoms with Crippen LogP contribution >= 0.6 is 0 Å². The van der Waals surface area contributed by atoms with Crippen LogP contribution in [0.2, 0.25) is 0 Å². The Bertz CT molecular complexity index is 319. The standard InChI is InChI=1S/C9H12N4/c1-2-5-13-7-11-9(12-13)6-10-8-3-4-8/h1,7-8,10H,3-6H2. The maximum absolute atomic E-state index is 5.15. The summed E-state index contributed by atoms with van der Waals surface area (Å²) < 4.78 is 1.67. The minimum Gasteiger partial charge on any atom is -0.307 e. The lowest BCUT2D eigenvalue weighted by molar-refractivity contribution is 0.636. The highest BCUT2D eigenvalue weighted by Crippen LogP contribution is 2.18. The van der Waals surface area contributed by atoms with Gasteiger partial charge in [-0.25, -0.2) is 9.67 Å². The normalized spacial score (nSPS) is 15.6. The molecule has 4 nitrogen and oxygen atoms in total. The van der Waals surface area contributed by atoms with Crippen molar-refractivity contribution in [3.63, 3.8) is 0 Å². The second-order valence-electron chi connectivity index (χ2n) is 3.22. The van der Waals surface area contributed by atoms with Crippen molar-refractivity contribution in [2.45, 2.75) is 32.0 Å². The predicted molar refractivity (Wildman–Crippen MR) is 48.7 cm³/mol. The quantitative estimate of drug-likeness (QED) is 0.665. The van der Waals surface area contributed by atoms with Gasteiger partial charge in [-0.3, -0.25) is 0 Å². The third kappa shape index (κ3) is 2.30. The molecule has 1 heterocycles. The first-order valence-corrected chi connectivity index (χ1v) is 4.43. The van der Waals surface area contributed by atoms with E-state index >= 15 is 0 Å². The van der Waals surface area contributed by atoms with Crippen LogP contribution in [0.1, 0.15) is 18.7 Å². The zero-order valence-electron chi connectivity index (χ0n) is 7.40. The molecule has 2 rings (SSSR count). The predicted octanol–water partition coefficient (Wildman–Crippen LogP) is 0.163. The number of hydrogen-bond donors (Lipinski definition) is 1. The molecule has 4 heteroatoms. The van der Waals surface area contributed by atoms with Crippen molar-refractivity contribution in [2.24, 2.45) is 0 Å². The minimum atomic E-state index is 0.496. The van der Waals surface area contributed by atoms with E-state index in [0.717, 1.165) is 12.4 Å². The maximum atomic E-state index is 5.15. The molecule has 0 bridgehead atoms. The second kappa shape index (κ2) is 3.58. The van der Waals surface area contributed by atoms with E-state index in [1.165, 1.54) is 12.8 Å². The van der Waals surface area contributed by atoms with Gasteiger partial charge in [0.2, 0.25) is 0 Å². The third-order valence-corrected chi connectivity index (χ3v) is 1.96. The van der Waals surface area contributed by atoms with Gasteiger partial charge in [0, 0.05) is 6.04 Å². The van der Waals surface area contributed by atoms with Gasteiger partial charge in [-0.15, -0.1) is 6.42 Å². The lowest BCUT2D eigenvalue weighted by Gasteiger charge is -1.96.